The number of nitrogen functional groups attached to an aromatic ring is 1. The number of nitrogens with two attached hydrogens (primary N) is 1. The second-order valence-electron chi connectivity index (χ2n) is 4.05. The molecule has 1 heterocycles. The van der Waals surface area contributed by atoms with Gasteiger partial charge in [-0.05, 0) is 24.6 Å². The SMILES string of the molecule is CCCn1cncc1CSc1ccc(Br)cc1N. The van der Waals surface area contributed by atoms with Crippen molar-refractivity contribution in [3.05, 3.63) is 40.9 Å². The van der Waals surface area contributed by atoms with Crippen LogP contribution in [0.15, 0.2) is 40.1 Å². The molecule has 2 aromatic rings. The average molecular weight is 326 g/mol. The third kappa shape index (κ3) is 3.29. The molecule has 0 radical (unpaired) electrons. The van der Waals surface area contributed by atoms with E-state index >= 15 is 0 Å². The van der Waals surface area contributed by atoms with Crippen LogP contribution < -0.4 is 5.73 Å². The number of hydrogen-bond acceptors (Lipinski definition) is 3. The van der Waals surface area contributed by atoms with Gasteiger partial charge in [0.25, 0.3) is 0 Å². The maximum atomic E-state index is 5.98. The summed E-state index contributed by atoms with van der Waals surface area (Å²) in [7, 11) is 0. The van der Waals surface area contributed by atoms with Gasteiger partial charge in [0.2, 0.25) is 0 Å². The van der Waals surface area contributed by atoms with Crippen LogP contribution in [-0.2, 0) is 12.3 Å². The fourth-order valence-electron chi connectivity index (χ4n) is 1.71. The molecule has 0 aliphatic carbocycles. The number of halogens is 1. The van der Waals surface area contributed by atoms with Gasteiger partial charge in [-0.3, -0.25) is 0 Å². The Kier molecular flexibility index (Phi) is 4.72. The fraction of sp³-hybridized carbons (Fsp3) is 0.308. The van der Waals surface area contributed by atoms with Crippen LogP contribution >= 0.6 is 27.7 Å². The molecule has 0 atom stereocenters. The predicted molar refractivity (Wildman–Crippen MR) is 80.6 cm³/mol. The van der Waals surface area contributed by atoms with E-state index < -0.39 is 0 Å². The Balaban J connectivity index is 2.04. The molecule has 18 heavy (non-hydrogen) atoms. The van der Waals surface area contributed by atoms with Crippen LogP contribution in [0.25, 0.3) is 0 Å². The summed E-state index contributed by atoms with van der Waals surface area (Å²) in [4.78, 5) is 5.31. The number of imidazole rings is 1. The van der Waals surface area contributed by atoms with Crippen molar-refractivity contribution in [2.75, 3.05) is 5.73 Å². The summed E-state index contributed by atoms with van der Waals surface area (Å²) in [6.07, 6.45) is 4.94. The fourth-order valence-corrected chi connectivity index (χ4v) is 3.03. The minimum absolute atomic E-state index is 0.816. The van der Waals surface area contributed by atoms with Gasteiger partial charge in [0.05, 0.1) is 6.33 Å². The van der Waals surface area contributed by atoms with E-state index in [2.05, 4.69) is 32.4 Å². The highest BCUT2D eigenvalue weighted by Crippen LogP contribution is 2.30. The second kappa shape index (κ2) is 6.29. The van der Waals surface area contributed by atoms with Crippen LogP contribution in [-0.4, -0.2) is 9.55 Å². The van der Waals surface area contributed by atoms with Gasteiger partial charge in [0, 0.05) is 39.2 Å². The van der Waals surface area contributed by atoms with E-state index in [1.165, 1.54) is 5.69 Å². The van der Waals surface area contributed by atoms with Gasteiger partial charge in [0.15, 0.2) is 0 Å². The number of aryl methyl sites for hydroxylation is 1. The van der Waals surface area contributed by atoms with E-state index in [4.69, 9.17) is 5.73 Å². The van der Waals surface area contributed by atoms with Gasteiger partial charge < -0.3 is 10.3 Å². The van der Waals surface area contributed by atoms with Gasteiger partial charge >= 0.3 is 0 Å². The third-order valence-electron chi connectivity index (χ3n) is 2.61. The lowest BCUT2D eigenvalue weighted by Crippen LogP contribution is -1.99. The van der Waals surface area contributed by atoms with Crippen LogP contribution in [0.4, 0.5) is 5.69 Å². The first-order valence-electron chi connectivity index (χ1n) is 5.87. The molecular formula is C13H16BrN3S. The van der Waals surface area contributed by atoms with Crippen molar-refractivity contribution in [2.24, 2.45) is 0 Å². The molecule has 5 heteroatoms. The zero-order valence-corrected chi connectivity index (χ0v) is 12.7. The Morgan fingerprint density at radius 3 is 3.00 bits per heavy atom. The Morgan fingerprint density at radius 1 is 1.44 bits per heavy atom. The van der Waals surface area contributed by atoms with E-state index in [0.29, 0.717) is 0 Å². The average Bonchev–Trinajstić information content (AvgIpc) is 2.76. The lowest BCUT2D eigenvalue weighted by atomic mass is 10.3. The van der Waals surface area contributed by atoms with Crippen LogP contribution in [0.1, 0.15) is 19.0 Å². The first-order chi connectivity index (χ1) is 8.70. The molecule has 2 N–H and O–H groups in total. The highest BCUT2D eigenvalue weighted by atomic mass is 79.9. The summed E-state index contributed by atoms with van der Waals surface area (Å²) in [6.45, 7) is 3.19. The van der Waals surface area contributed by atoms with Gasteiger partial charge in [0.1, 0.15) is 0 Å². The molecule has 96 valence electrons. The van der Waals surface area contributed by atoms with E-state index in [0.717, 1.165) is 33.8 Å². The van der Waals surface area contributed by atoms with Crippen LogP contribution in [0.5, 0.6) is 0 Å². The van der Waals surface area contributed by atoms with Crippen molar-refractivity contribution in [1.82, 2.24) is 9.55 Å². The molecule has 0 amide bonds. The number of nitrogens with zero attached hydrogens (tertiary/aromatic N) is 2. The molecule has 0 fully saturated rings. The van der Waals surface area contributed by atoms with Crippen molar-refractivity contribution in [3.63, 3.8) is 0 Å². The molecular weight excluding hydrogens is 310 g/mol. The molecule has 0 aliphatic heterocycles. The number of rotatable bonds is 5. The van der Waals surface area contributed by atoms with Gasteiger partial charge in [-0.25, -0.2) is 4.98 Å². The summed E-state index contributed by atoms with van der Waals surface area (Å²) in [6, 6.07) is 6.00. The molecule has 3 nitrogen and oxygen atoms in total. The van der Waals surface area contributed by atoms with E-state index in [1.807, 2.05) is 30.7 Å². The number of benzene rings is 1. The summed E-state index contributed by atoms with van der Waals surface area (Å²) >= 11 is 5.16. The highest BCUT2D eigenvalue weighted by Gasteiger charge is 2.05. The molecule has 0 bridgehead atoms. The molecule has 1 aromatic carbocycles. The zero-order valence-electron chi connectivity index (χ0n) is 10.3. The predicted octanol–water partition coefficient (Wildman–Crippen LogP) is 3.93. The summed E-state index contributed by atoms with van der Waals surface area (Å²) < 4.78 is 3.21. The minimum Gasteiger partial charge on any atom is -0.398 e. The van der Waals surface area contributed by atoms with Gasteiger partial charge in [-0.1, -0.05) is 22.9 Å². The summed E-state index contributed by atoms with van der Waals surface area (Å²) in [5, 5.41) is 0. The molecule has 0 saturated heterocycles. The topological polar surface area (TPSA) is 43.8 Å². The monoisotopic (exact) mass is 325 g/mol. The van der Waals surface area contributed by atoms with E-state index in [9.17, 15) is 0 Å². The molecule has 0 saturated carbocycles. The zero-order chi connectivity index (χ0) is 13.0. The number of thioether (sulfide) groups is 1. The van der Waals surface area contributed by atoms with Gasteiger partial charge in [-0.15, -0.1) is 11.8 Å². The first-order valence-corrected chi connectivity index (χ1v) is 7.65. The molecule has 2 rings (SSSR count). The van der Waals surface area contributed by atoms with Gasteiger partial charge in [-0.2, -0.15) is 0 Å². The Labute approximate surface area is 120 Å². The number of hydrogen-bond donors (Lipinski definition) is 1. The molecule has 0 spiro atoms. The van der Waals surface area contributed by atoms with Crippen molar-refractivity contribution >= 4 is 33.4 Å². The lowest BCUT2D eigenvalue weighted by molar-refractivity contribution is 0.659. The van der Waals surface area contributed by atoms with Crippen LogP contribution in [0.2, 0.25) is 0 Å². The Morgan fingerprint density at radius 2 is 2.28 bits per heavy atom. The summed E-state index contributed by atoms with van der Waals surface area (Å²) in [5.41, 5.74) is 8.04. The number of aromatic nitrogens is 2. The maximum Gasteiger partial charge on any atom is 0.0948 e. The largest absolute Gasteiger partial charge is 0.398 e. The standard InChI is InChI=1S/C13H16BrN3S/c1-2-5-17-9-16-7-11(17)8-18-13-4-3-10(14)6-12(13)15/h3-4,6-7,9H,2,5,8,15H2,1H3. The molecule has 1 aromatic heterocycles. The molecule has 0 unspecified atom stereocenters. The maximum absolute atomic E-state index is 5.98. The quantitative estimate of drug-likeness (QED) is 0.669. The first kappa shape index (κ1) is 13.5. The van der Waals surface area contributed by atoms with Crippen LogP contribution in [0.3, 0.4) is 0 Å². The lowest BCUT2D eigenvalue weighted by Gasteiger charge is -2.08. The van der Waals surface area contributed by atoms with E-state index in [1.54, 1.807) is 11.8 Å². The van der Waals surface area contributed by atoms with Crippen LogP contribution in [0, 0.1) is 0 Å². The third-order valence-corrected chi connectivity index (χ3v) is 4.23. The Hall–Kier alpha value is -0.940. The highest BCUT2D eigenvalue weighted by molar-refractivity contribution is 9.10. The number of anilines is 1. The second-order valence-corrected chi connectivity index (χ2v) is 5.98. The smallest absolute Gasteiger partial charge is 0.0948 e. The molecule has 0 aliphatic rings. The normalized spacial score (nSPS) is 10.8. The van der Waals surface area contributed by atoms with Crippen molar-refractivity contribution in [3.8, 4) is 0 Å². The van der Waals surface area contributed by atoms with Crippen molar-refractivity contribution < 1.29 is 0 Å². The van der Waals surface area contributed by atoms with E-state index in [-0.39, 0.29) is 0 Å². The van der Waals surface area contributed by atoms with Crippen molar-refractivity contribution in [1.29, 1.82) is 0 Å². The minimum atomic E-state index is 0.816. The Bertz CT molecular complexity index is 525. The summed E-state index contributed by atoms with van der Waals surface area (Å²) in [5.74, 6) is 0.895. The van der Waals surface area contributed by atoms with Crippen molar-refractivity contribution in [2.45, 2.75) is 30.5 Å².